The number of likely N-dealkylation sites (tertiary alicyclic amines) is 1. The van der Waals surface area contributed by atoms with Crippen molar-refractivity contribution in [2.45, 2.75) is 44.9 Å². The third kappa shape index (κ3) is 3.58. The lowest BCUT2D eigenvalue weighted by atomic mass is 10.0. The summed E-state index contributed by atoms with van der Waals surface area (Å²) in [5.74, 6) is 0.384. The molecule has 1 aromatic heterocycles. The van der Waals surface area contributed by atoms with E-state index in [1.807, 2.05) is 6.92 Å². The number of aliphatic hydroxyl groups is 1. The summed E-state index contributed by atoms with van der Waals surface area (Å²) < 4.78 is 1.13. The zero-order chi connectivity index (χ0) is 14.0. The van der Waals surface area contributed by atoms with Gasteiger partial charge in [0.2, 0.25) is 0 Å². The number of aliphatic hydroxyl groups excluding tert-OH is 1. The Morgan fingerprint density at radius 2 is 2.37 bits per heavy atom. The van der Waals surface area contributed by atoms with Crippen LogP contribution in [0.2, 0.25) is 0 Å². The molecule has 0 saturated carbocycles. The number of hydrogen-bond donors (Lipinski definition) is 2. The first kappa shape index (κ1) is 15.4. The van der Waals surface area contributed by atoms with E-state index in [1.54, 1.807) is 11.3 Å². The predicted molar refractivity (Wildman–Crippen MR) is 84.4 cm³/mol. The molecule has 108 valence electrons. The fourth-order valence-electron chi connectivity index (χ4n) is 2.83. The second-order valence-electron chi connectivity index (χ2n) is 5.47. The molecule has 3 nitrogen and oxygen atoms in total. The lowest BCUT2D eigenvalue weighted by Crippen LogP contribution is -2.39. The summed E-state index contributed by atoms with van der Waals surface area (Å²) in [5.41, 5.74) is 6.35. The van der Waals surface area contributed by atoms with Crippen LogP contribution in [0, 0.1) is 5.92 Å². The van der Waals surface area contributed by atoms with Gasteiger partial charge in [-0.2, -0.15) is 0 Å². The highest BCUT2D eigenvalue weighted by Crippen LogP contribution is 2.35. The van der Waals surface area contributed by atoms with E-state index in [2.05, 4.69) is 39.2 Å². The Kier molecular flexibility index (Phi) is 5.43. The number of halogens is 1. The molecule has 1 aromatic rings. The zero-order valence-corrected chi connectivity index (χ0v) is 14.0. The third-order valence-corrected chi connectivity index (χ3v) is 5.85. The van der Waals surface area contributed by atoms with Crippen molar-refractivity contribution >= 4 is 27.3 Å². The molecular formula is C14H23BrN2OS. The standard InChI is InChI=1S/C14H23BrN2OS/c1-3-12(16)14(13-6-11(15)8-19-13)17-5-4-10(7-17)9(2)18/h6,8-10,12,14,18H,3-5,7,16H2,1-2H3. The van der Waals surface area contributed by atoms with Crippen LogP contribution in [-0.4, -0.2) is 35.2 Å². The molecule has 0 radical (unpaired) electrons. The molecule has 19 heavy (non-hydrogen) atoms. The summed E-state index contributed by atoms with van der Waals surface area (Å²) in [6, 6.07) is 2.61. The molecule has 0 amide bonds. The number of nitrogens with zero attached hydrogens (tertiary/aromatic N) is 1. The minimum Gasteiger partial charge on any atom is -0.393 e. The van der Waals surface area contributed by atoms with Gasteiger partial charge in [0.05, 0.1) is 12.1 Å². The predicted octanol–water partition coefficient (Wildman–Crippen LogP) is 2.99. The molecule has 3 N–H and O–H groups in total. The van der Waals surface area contributed by atoms with Crippen LogP contribution in [0.15, 0.2) is 15.9 Å². The van der Waals surface area contributed by atoms with Crippen LogP contribution in [0.5, 0.6) is 0 Å². The minimum atomic E-state index is -0.224. The van der Waals surface area contributed by atoms with E-state index in [1.165, 1.54) is 4.88 Å². The molecule has 1 saturated heterocycles. The molecule has 2 rings (SSSR count). The van der Waals surface area contributed by atoms with Crippen LogP contribution in [0.1, 0.15) is 37.6 Å². The van der Waals surface area contributed by atoms with Crippen LogP contribution >= 0.6 is 27.3 Å². The van der Waals surface area contributed by atoms with E-state index in [0.717, 1.165) is 30.4 Å². The Balaban J connectivity index is 2.15. The maximum atomic E-state index is 9.76. The van der Waals surface area contributed by atoms with E-state index in [-0.39, 0.29) is 18.2 Å². The van der Waals surface area contributed by atoms with Gasteiger partial charge in [-0.05, 0) is 54.2 Å². The van der Waals surface area contributed by atoms with Crippen molar-refractivity contribution in [2.24, 2.45) is 11.7 Å². The van der Waals surface area contributed by atoms with Gasteiger partial charge in [-0.1, -0.05) is 6.92 Å². The molecular weight excluding hydrogens is 324 g/mol. The molecule has 4 atom stereocenters. The smallest absolute Gasteiger partial charge is 0.0593 e. The quantitative estimate of drug-likeness (QED) is 0.861. The van der Waals surface area contributed by atoms with Gasteiger partial charge >= 0.3 is 0 Å². The maximum Gasteiger partial charge on any atom is 0.0593 e. The highest BCUT2D eigenvalue weighted by atomic mass is 79.9. The van der Waals surface area contributed by atoms with Gasteiger partial charge in [0.15, 0.2) is 0 Å². The van der Waals surface area contributed by atoms with Crippen LogP contribution in [0.4, 0.5) is 0 Å². The molecule has 1 aliphatic rings. The van der Waals surface area contributed by atoms with Gasteiger partial charge in [-0.3, -0.25) is 4.90 Å². The Morgan fingerprint density at radius 3 is 2.84 bits per heavy atom. The van der Waals surface area contributed by atoms with Crippen LogP contribution < -0.4 is 5.73 Å². The molecule has 0 aromatic carbocycles. The average molecular weight is 347 g/mol. The molecule has 1 aliphatic heterocycles. The molecule has 0 aliphatic carbocycles. The molecule has 0 spiro atoms. The van der Waals surface area contributed by atoms with Crippen molar-refractivity contribution in [3.05, 3.63) is 20.8 Å². The lowest BCUT2D eigenvalue weighted by Gasteiger charge is -2.31. The number of nitrogens with two attached hydrogens (primary N) is 1. The summed E-state index contributed by atoms with van der Waals surface area (Å²) >= 11 is 5.29. The summed E-state index contributed by atoms with van der Waals surface area (Å²) in [6.07, 6.45) is 1.81. The van der Waals surface area contributed by atoms with Crippen molar-refractivity contribution in [1.82, 2.24) is 4.90 Å². The monoisotopic (exact) mass is 346 g/mol. The topological polar surface area (TPSA) is 49.5 Å². The number of rotatable bonds is 5. The maximum absolute atomic E-state index is 9.76. The van der Waals surface area contributed by atoms with E-state index in [0.29, 0.717) is 5.92 Å². The van der Waals surface area contributed by atoms with Crippen molar-refractivity contribution < 1.29 is 5.11 Å². The summed E-state index contributed by atoms with van der Waals surface area (Å²) in [6.45, 7) is 6.02. The summed E-state index contributed by atoms with van der Waals surface area (Å²) in [7, 11) is 0. The first-order valence-electron chi connectivity index (χ1n) is 6.94. The Hall–Kier alpha value is 0.0600. The molecule has 1 fully saturated rings. The fraction of sp³-hybridized carbons (Fsp3) is 0.714. The SMILES string of the molecule is CCC(N)C(c1cc(Br)cs1)N1CCC(C(C)O)C1. The van der Waals surface area contributed by atoms with Crippen LogP contribution in [0.3, 0.4) is 0 Å². The molecule has 2 heterocycles. The van der Waals surface area contributed by atoms with Crippen LogP contribution in [-0.2, 0) is 0 Å². The highest BCUT2D eigenvalue weighted by Gasteiger charge is 2.34. The van der Waals surface area contributed by atoms with Gasteiger partial charge in [-0.25, -0.2) is 0 Å². The van der Waals surface area contributed by atoms with E-state index < -0.39 is 0 Å². The average Bonchev–Trinajstić information content (AvgIpc) is 2.99. The molecule has 5 heteroatoms. The van der Waals surface area contributed by atoms with Gasteiger partial charge in [-0.15, -0.1) is 11.3 Å². The largest absolute Gasteiger partial charge is 0.393 e. The Bertz CT molecular complexity index is 410. The lowest BCUT2D eigenvalue weighted by molar-refractivity contribution is 0.118. The number of thiophene rings is 1. The Labute approximate surface area is 127 Å². The van der Waals surface area contributed by atoms with Crippen molar-refractivity contribution in [2.75, 3.05) is 13.1 Å². The first-order chi connectivity index (χ1) is 9.02. The second-order valence-corrected chi connectivity index (χ2v) is 7.33. The van der Waals surface area contributed by atoms with E-state index in [9.17, 15) is 5.11 Å². The molecule has 4 unspecified atom stereocenters. The van der Waals surface area contributed by atoms with Gasteiger partial charge < -0.3 is 10.8 Å². The normalized spacial score (nSPS) is 25.4. The minimum absolute atomic E-state index is 0.151. The van der Waals surface area contributed by atoms with Crippen molar-refractivity contribution in [3.8, 4) is 0 Å². The second kappa shape index (κ2) is 6.68. The third-order valence-electron chi connectivity index (χ3n) is 4.09. The zero-order valence-electron chi connectivity index (χ0n) is 11.6. The highest BCUT2D eigenvalue weighted by molar-refractivity contribution is 9.10. The first-order valence-corrected chi connectivity index (χ1v) is 8.61. The Morgan fingerprint density at radius 1 is 1.63 bits per heavy atom. The summed E-state index contributed by atoms with van der Waals surface area (Å²) in [4.78, 5) is 3.77. The molecule has 0 bridgehead atoms. The van der Waals surface area contributed by atoms with Crippen LogP contribution in [0.25, 0.3) is 0 Å². The van der Waals surface area contributed by atoms with Crippen molar-refractivity contribution in [3.63, 3.8) is 0 Å². The number of hydrogen-bond acceptors (Lipinski definition) is 4. The summed E-state index contributed by atoms with van der Waals surface area (Å²) in [5, 5.41) is 11.9. The van der Waals surface area contributed by atoms with Gasteiger partial charge in [0.25, 0.3) is 0 Å². The van der Waals surface area contributed by atoms with E-state index in [4.69, 9.17) is 5.73 Å². The van der Waals surface area contributed by atoms with Crippen molar-refractivity contribution in [1.29, 1.82) is 0 Å². The fourth-order valence-corrected chi connectivity index (χ4v) is 4.48. The van der Waals surface area contributed by atoms with Gasteiger partial charge in [0.1, 0.15) is 0 Å². The van der Waals surface area contributed by atoms with E-state index >= 15 is 0 Å². The van der Waals surface area contributed by atoms with Gasteiger partial charge in [0, 0.05) is 27.3 Å².